The van der Waals surface area contributed by atoms with Crippen LogP contribution in [0.15, 0.2) is 60.4 Å². The van der Waals surface area contributed by atoms with Gasteiger partial charge in [-0.25, -0.2) is 4.79 Å². The van der Waals surface area contributed by atoms with Gasteiger partial charge in [0.25, 0.3) is 0 Å². The van der Waals surface area contributed by atoms with Crippen molar-refractivity contribution in [2.24, 2.45) is 5.73 Å². The van der Waals surface area contributed by atoms with E-state index in [1.165, 1.54) is 6.08 Å². The molecule has 178 valence electrons. The van der Waals surface area contributed by atoms with Crippen LogP contribution in [0.2, 0.25) is 0 Å². The summed E-state index contributed by atoms with van der Waals surface area (Å²) in [5.74, 6) is 2.49. The second-order valence-corrected chi connectivity index (χ2v) is 7.89. The number of pyridine rings is 1. The zero-order valence-corrected chi connectivity index (χ0v) is 19.3. The van der Waals surface area contributed by atoms with Crippen molar-refractivity contribution in [2.75, 3.05) is 20.8 Å². The first-order chi connectivity index (χ1) is 16.6. The summed E-state index contributed by atoms with van der Waals surface area (Å²) in [4.78, 5) is 16.6. The number of methoxy groups -OCH3 is 2. The highest BCUT2D eigenvalue weighted by atomic mass is 16.5. The van der Waals surface area contributed by atoms with Gasteiger partial charge in [0, 0.05) is 17.6 Å². The van der Waals surface area contributed by atoms with E-state index in [-0.39, 0.29) is 18.4 Å². The van der Waals surface area contributed by atoms with Crippen LogP contribution >= 0.6 is 0 Å². The second kappa shape index (κ2) is 10.8. The van der Waals surface area contributed by atoms with Crippen molar-refractivity contribution in [3.8, 4) is 28.7 Å². The van der Waals surface area contributed by atoms with E-state index < -0.39 is 5.97 Å². The van der Waals surface area contributed by atoms with Crippen LogP contribution in [0.1, 0.15) is 25.7 Å². The highest BCUT2D eigenvalue weighted by Gasteiger charge is 2.20. The maximum Gasteiger partial charge on any atom is 0.354 e. The number of nitrogens with zero attached hydrogens (tertiary/aromatic N) is 1. The highest BCUT2D eigenvalue weighted by molar-refractivity contribution is 5.88. The Bertz CT molecular complexity index is 1170. The lowest BCUT2D eigenvalue weighted by Gasteiger charge is -2.14. The number of hydrogen-bond donors (Lipinski definition) is 1. The molecule has 3 aromatic rings. The quantitative estimate of drug-likeness (QED) is 0.357. The van der Waals surface area contributed by atoms with E-state index >= 15 is 0 Å². The molecule has 1 aromatic heterocycles. The van der Waals surface area contributed by atoms with Crippen LogP contribution in [0, 0.1) is 0 Å². The maximum absolute atomic E-state index is 12.1. The fourth-order valence-corrected chi connectivity index (χ4v) is 3.79. The van der Waals surface area contributed by atoms with E-state index in [1.807, 2.05) is 24.3 Å². The van der Waals surface area contributed by atoms with Gasteiger partial charge in [-0.15, -0.1) is 0 Å². The van der Waals surface area contributed by atoms with E-state index in [2.05, 4.69) is 4.98 Å². The molecule has 1 fully saturated rings. The topological polar surface area (TPSA) is 102 Å². The lowest BCUT2D eigenvalue weighted by atomic mass is 10.2. The van der Waals surface area contributed by atoms with Crippen LogP contribution in [0.4, 0.5) is 0 Å². The molecular formula is C26H28N2O6. The molecule has 0 atom stereocenters. The minimum absolute atomic E-state index is 0.0277. The standard InChI is InChI=1S/C26H28N2O6/c1-30-17-7-9-19(10-8-17)33-23-11-13-28-22-16-25(24(31-2)15-20(22)23)32-14-12-21(27)26(29)34-18-5-3-4-6-18/h7-13,15-16,18H,3-6,14,27H2,1-2H3/b21-12+. The number of benzene rings is 2. The van der Waals surface area contributed by atoms with Gasteiger partial charge >= 0.3 is 5.97 Å². The van der Waals surface area contributed by atoms with E-state index in [4.69, 9.17) is 29.4 Å². The summed E-state index contributed by atoms with van der Waals surface area (Å²) in [6, 6.07) is 12.7. The van der Waals surface area contributed by atoms with E-state index in [9.17, 15) is 4.79 Å². The smallest absolute Gasteiger partial charge is 0.354 e. The summed E-state index contributed by atoms with van der Waals surface area (Å²) in [6.07, 6.45) is 7.05. The summed E-state index contributed by atoms with van der Waals surface area (Å²) in [7, 11) is 3.17. The number of ether oxygens (including phenoxy) is 5. The van der Waals surface area contributed by atoms with Crippen LogP contribution < -0.4 is 24.7 Å². The van der Waals surface area contributed by atoms with Crippen molar-refractivity contribution in [3.05, 3.63) is 60.4 Å². The molecule has 8 heteroatoms. The third kappa shape index (κ3) is 5.51. The van der Waals surface area contributed by atoms with Crippen LogP contribution in [0.3, 0.4) is 0 Å². The van der Waals surface area contributed by atoms with E-state index in [1.54, 1.807) is 38.6 Å². The predicted octanol–water partition coefficient (Wildman–Crippen LogP) is 4.75. The Morgan fingerprint density at radius 1 is 1.00 bits per heavy atom. The number of hydrogen-bond acceptors (Lipinski definition) is 8. The molecule has 1 aliphatic carbocycles. The summed E-state index contributed by atoms with van der Waals surface area (Å²) in [5, 5.41) is 0.762. The number of nitrogens with two attached hydrogens (primary N) is 1. The SMILES string of the molecule is COc1ccc(Oc2ccnc3cc(OC/C=C(/N)C(=O)OC4CCCC4)c(OC)cc23)cc1. The molecule has 1 aliphatic rings. The zero-order valence-electron chi connectivity index (χ0n) is 19.3. The molecule has 8 nitrogen and oxygen atoms in total. The fourth-order valence-electron chi connectivity index (χ4n) is 3.79. The summed E-state index contributed by atoms with van der Waals surface area (Å²) in [5.41, 5.74) is 6.56. The first kappa shape index (κ1) is 23.2. The molecular weight excluding hydrogens is 436 g/mol. The van der Waals surface area contributed by atoms with Gasteiger partial charge in [0.2, 0.25) is 0 Å². The van der Waals surface area contributed by atoms with Crippen molar-refractivity contribution >= 4 is 16.9 Å². The third-order valence-corrected chi connectivity index (χ3v) is 5.63. The largest absolute Gasteiger partial charge is 0.497 e. The Kier molecular flexibility index (Phi) is 7.37. The van der Waals surface area contributed by atoms with Crippen molar-refractivity contribution in [3.63, 3.8) is 0 Å². The Balaban J connectivity index is 1.48. The summed E-state index contributed by atoms with van der Waals surface area (Å²) in [6.45, 7) is 0.0789. The van der Waals surface area contributed by atoms with Gasteiger partial charge in [-0.2, -0.15) is 0 Å². The molecule has 34 heavy (non-hydrogen) atoms. The Hall–Kier alpha value is -3.94. The number of carbonyl (C=O) groups excluding carboxylic acids is 1. The number of rotatable bonds is 9. The molecule has 0 radical (unpaired) electrons. The highest BCUT2D eigenvalue weighted by Crippen LogP contribution is 2.37. The first-order valence-electron chi connectivity index (χ1n) is 11.2. The lowest BCUT2D eigenvalue weighted by molar-refractivity contribution is -0.144. The second-order valence-electron chi connectivity index (χ2n) is 7.89. The number of fused-ring (bicyclic) bond motifs is 1. The van der Waals surface area contributed by atoms with Crippen LogP contribution in [0.5, 0.6) is 28.7 Å². The van der Waals surface area contributed by atoms with Gasteiger partial charge in [0.15, 0.2) is 11.5 Å². The van der Waals surface area contributed by atoms with Gasteiger partial charge in [-0.05, 0) is 68.2 Å². The third-order valence-electron chi connectivity index (χ3n) is 5.63. The molecule has 0 aliphatic heterocycles. The molecule has 2 N–H and O–H groups in total. The monoisotopic (exact) mass is 464 g/mol. The predicted molar refractivity (Wildman–Crippen MR) is 127 cm³/mol. The van der Waals surface area contributed by atoms with Crippen molar-refractivity contribution < 1.29 is 28.5 Å². The molecule has 0 saturated heterocycles. The molecule has 0 amide bonds. The van der Waals surface area contributed by atoms with Crippen molar-refractivity contribution in [1.82, 2.24) is 4.98 Å². The van der Waals surface area contributed by atoms with Crippen LogP contribution in [0.25, 0.3) is 10.9 Å². The van der Waals surface area contributed by atoms with Gasteiger partial charge in [-0.3, -0.25) is 4.98 Å². The summed E-state index contributed by atoms with van der Waals surface area (Å²) < 4.78 is 28.0. The maximum atomic E-state index is 12.1. The van der Waals surface area contributed by atoms with Gasteiger partial charge in [0.05, 0.1) is 19.7 Å². The molecule has 4 rings (SSSR count). The average Bonchev–Trinajstić information content (AvgIpc) is 3.37. The Morgan fingerprint density at radius 2 is 1.74 bits per heavy atom. The van der Waals surface area contributed by atoms with Gasteiger partial charge < -0.3 is 29.4 Å². The molecule has 1 saturated carbocycles. The summed E-state index contributed by atoms with van der Waals surface area (Å²) >= 11 is 0. The Labute approximate surface area is 198 Å². The first-order valence-corrected chi connectivity index (χ1v) is 11.2. The number of esters is 1. The van der Waals surface area contributed by atoms with Crippen molar-refractivity contribution in [2.45, 2.75) is 31.8 Å². The fraction of sp³-hybridized carbons (Fsp3) is 0.308. The number of aromatic nitrogens is 1. The number of carbonyl (C=O) groups is 1. The molecule has 0 spiro atoms. The molecule has 2 aromatic carbocycles. The van der Waals surface area contributed by atoms with Crippen molar-refractivity contribution in [1.29, 1.82) is 0 Å². The minimum atomic E-state index is -0.511. The minimum Gasteiger partial charge on any atom is -0.497 e. The van der Waals surface area contributed by atoms with E-state index in [0.29, 0.717) is 28.5 Å². The average molecular weight is 465 g/mol. The van der Waals surface area contributed by atoms with Crippen LogP contribution in [-0.4, -0.2) is 37.9 Å². The van der Waals surface area contributed by atoms with Gasteiger partial charge in [-0.1, -0.05) is 0 Å². The molecule has 0 unspecified atom stereocenters. The molecule has 1 heterocycles. The van der Waals surface area contributed by atoms with E-state index in [0.717, 1.165) is 36.8 Å². The van der Waals surface area contributed by atoms with Crippen LogP contribution in [-0.2, 0) is 9.53 Å². The lowest BCUT2D eigenvalue weighted by Crippen LogP contribution is -2.21. The zero-order chi connectivity index (χ0) is 23.9. The molecule has 0 bridgehead atoms. The Morgan fingerprint density at radius 3 is 2.44 bits per heavy atom. The normalized spacial score (nSPS) is 14.1. The van der Waals surface area contributed by atoms with Gasteiger partial charge in [0.1, 0.15) is 35.7 Å².